The normalized spacial score (nSPS) is 14.2. The summed E-state index contributed by atoms with van der Waals surface area (Å²) in [6.45, 7) is 1.82. The Morgan fingerprint density at radius 1 is 1.47 bits per heavy atom. The molecule has 0 radical (unpaired) electrons. The number of hydrogen-bond donors (Lipinski definition) is 1. The lowest BCUT2D eigenvalue weighted by Gasteiger charge is -2.11. The molecule has 0 fully saturated rings. The number of alkyl halides is 3. The average Bonchev–Trinajstić information content (AvgIpc) is 2.48. The van der Waals surface area contributed by atoms with Gasteiger partial charge in [0.2, 0.25) is 0 Å². The molecule has 1 unspecified atom stereocenters. The number of halogens is 3. The highest BCUT2D eigenvalue weighted by atomic mass is 19.4. The Labute approximate surface area is 86.3 Å². The van der Waals surface area contributed by atoms with Gasteiger partial charge in [0.05, 0.1) is 12.3 Å². The van der Waals surface area contributed by atoms with Crippen LogP contribution in [-0.4, -0.2) is 6.18 Å². The molecule has 1 rings (SSSR count). The number of aryl methyl sites for hydroxylation is 1. The van der Waals surface area contributed by atoms with Crippen LogP contribution in [0.15, 0.2) is 16.7 Å². The summed E-state index contributed by atoms with van der Waals surface area (Å²) >= 11 is 0. The van der Waals surface area contributed by atoms with Gasteiger partial charge in [0, 0.05) is 6.42 Å². The molecule has 0 bridgehead atoms. The van der Waals surface area contributed by atoms with E-state index in [1.54, 1.807) is 6.07 Å². The third kappa shape index (κ3) is 3.95. The highest BCUT2D eigenvalue weighted by molar-refractivity contribution is 5.17. The third-order valence-corrected chi connectivity index (χ3v) is 2.21. The second kappa shape index (κ2) is 4.70. The first kappa shape index (κ1) is 12.1. The predicted octanol–water partition coefficient (Wildman–Crippen LogP) is 3.32. The molecule has 1 atom stereocenters. The molecule has 0 aliphatic rings. The summed E-state index contributed by atoms with van der Waals surface area (Å²) in [6, 6.07) is 1.31. The smallest absolute Gasteiger partial charge is 0.389 e. The Kier molecular flexibility index (Phi) is 3.79. The molecule has 1 aromatic heterocycles. The van der Waals surface area contributed by atoms with E-state index in [0.717, 1.165) is 5.56 Å². The van der Waals surface area contributed by atoms with Crippen molar-refractivity contribution in [3.8, 4) is 0 Å². The third-order valence-electron chi connectivity index (χ3n) is 2.21. The van der Waals surface area contributed by atoms with Crippen LogP contribution in [0, 0.1) is 6.92 Å². The molecule has 1 heterocycles. The fourth-order valence-electron chi connectivity index (χ4n) is 1.42. The van der Waals surface area contributed by atoms with Crippen LogP contribution in [0.3, 0.4) is 0 Å². The second-order valence-electron chi connectivity index (χ2n) is 3.58. The van der Waals surface area contributed by atoms with Crippen molar-refractivity contribution in [2.24, 2.45) is 5.73 Å². The molecule has 0 amide bonds. The lowest BCUT2D eigenvalue weighted by Crippen LogP contribution is -2.13. The van der Waals surface area contributed by atoms with Crippen molar-refractivity contribution in [3.63, 3.8) is 0 Å². The summed E-state index contributed by atoms with van der Waals surface area (Å²) in [7, 11) is 0. The van der Waals surface area contributed by atoms with Gasteiger partial charge in [-0.05, 0) is 31.4 Å². The Hall–Kier alpha value is -0.970. The van der Waals surface area contributed by atoms with Crippen LogP contribution in [0.5, 0.6) is 0 Å². The zero-order chi connectivity index (χ0) is 11.5. The van der Waals surface area contributed by atoms with Crippen molar-refractivity contribution in [2.45, 2.75) is 38.4 Å². The van der Waals surface area contributed by atoms with E-state index in [2.05, 4.69) is 0 Å². The van der Waals surface area contributed by atoms with Crippen LogP contribution < -0.4 is 5.73 Å². The maximum atomic E-state index is 11.9. The lowest BCUT2D eigenvalue weighted by atomic mass is 10.1. The Balaban J connectivity index is 2.37. The maximum absolute atomic E-state index is 11.9. The summed E-state index contributed by atoms with van der Waals surface area (Å²) in [4.78, 5) is 0. The van der Waals surface area contributed by atoms with E-state index >= 15 is 0 Å². The van der Waals surface area contributed by atoms with Crippen molar-refractivity contribution in [1.29, 1.82) is 0 Å². The highest BCUT2D eigenvalue weighted by Crippen LogP contribution is 2.26. The predicted molar refractivity (Wildman–Crippen MR) is 50.3 cm³/mol. The molecule has 0 spiro atoms. The molecule has 0 aliphatic carbocycles. The molecule has 15 heavy (non-hydrogen) atoms. The van der Waals surface area contributed by atoms with E-state index in [-0.39, 0.29) is 12.8 Å². The van der Waals surface area contributed by atoms with Gasteiger partial charge in [0.15, 0.2) is 0 Å². The maximum Gasteiger partial charge on any atom is 0.389 e. The number of rotatable bonds is 4. The number of furan rings is 1. The summed E-state index contributed by atoms with van der Waals surface area (Å²) in [5.74, 6) is 0.581. The van der Waals surface area contributed by atoms with Gasteiger partial charge in [-0.3, -0.25) is 0 Å². The van der Waals surface area contributed by atoms with E-state index < -0.39 is 18.6 Å². The monoisotopic (exact) mass is 221 g/mol. The summed E-state index contributed by atoms with van der Waals surface area (Å²) < 4.78 is 40.7. The van der Waals surface area contributed by atoms with E-state index in [1.165, 1.54) is 6.26 Å². The average molecular weight is 221 g/mol. The molecule has 1 aromatic rings. The Bertz CT molecular complexity index is 306. The molecule has 0 aliphatic heterocycles. The van der Waals surface area contributed by atoms with Gasteiger partial charge in [-0.1, -0.05) is 0 Å². The topological polar surface area (TPSA) is 39.2 Å². The molecule has 2 N–H and O–H groups in total. The number of nitrogens with two attached hydrogens (primary N) is 1. The van der Waals surface area contributed by atoms with Crippen molar-refractivity contribution < 1.29 is 17.6 Å². The standard InChI is InChI=1S/C10H14F3NO/c1-7-4-6-15-9(7)8(14)3-2-5-10(11,12)13/h4,6,8H,2-3,5,14H2,1H3. The first-order valence-electron chi connectivity index (χ1n) is 4.76. The summed E-state index contributed by atoms with van der Waals surface area (Å²) in [5.41, 5.74) is 6.59. The van der Waals surface area contributed by atoms with Crippen LogP contribution in [0.1, 0.15) is 36.6 Å². The largest absolute Gasteiger partial charge is 0.467 e. The van der Waals surface area contributed by atoms with Crippen molar-refractivity contribution in [1.82, 2.24) is 0 Å². The molecule has 86 valence electrons. The molecule has 5 heteroatoms. The van der Waals surface area contributed by atoms with Gasteiger partial charge in [-0.25, -0.2) is 0 Å². The minimum Gasteiger partial charge on any atom is -0.467 e. The fraction of sp³-hybridized carbons (Fsp3) is 0.600. The summed E-state index contributed by atoms with van der Waals surface area (Å²) in [6.07, 6.45) is -3.08. The minimum absolute atomic E-state index is 0.0325. The van der Waals surface area contributed by atoms with Crippen molar-refractivity contribution in [3.05, 3.63) is 23.7 Å². The van der Waals surface area contributed by atoms with Crippen LogP contribution in [0.2, 0.25) is 0 Å². The van der Waals surface area contributed by atoms with Crippen molar-refractivity contribution in [2.75, 3.05) is 0 Å². The van der Waals surface area contributed by atoms with Crippen LogP contribution in [-0.2, 0) is 0 Å². The van der Waals surface area contributed by atoms with E-state index in [1.807, 2.05) is 6.92 Å². The molecular formula is C10H14F3NO. The van der Waals surface area contributed by atoms with Crippen LogP contribution >= 0.6 is 0 Å². The first-order chi connectivity index (χ1) is 6.90. The zero-order valence-electron chi connectivity index (χ0n) is 8.47. The van der Waals surface area contributed by atoms with E-state index in [9.17, 15) is 13.2 Å². The van der Waals surface area contributed by atoms with Crippen LogP contribution in [0.25, 0.3) is 0 Å². The van der Waals surface area contributed by atoms with Crippen molar-refractivity contribution >= 4 is 0 Å². The Morgan fingerprint density at radius 3 is 2.60 bits per heavy atom. The number of hydrogen-bond acceptors (Lipinski definition) is 2. The zero-order valence-corrected chi connectivity index (χ0v) is 8.47. The fourth-order valence-corrected chi connectivity index (χ4v) is 1.42. The van der Waals surface area contributed by atoms with Gasteiger partial charge in [-0.2, -0.15) is 13.2 Å². The van der Waals surface area contributed by atoms with Gasteiger partial charge in [0.25, 0.3) is 0 Å². The molecule has 0 aromatic carbocycles. The van der Waals surface area contributed by atoms with E-state index in [0.29, 0.717) is 5.76 Å². The molecule has 0 saturated heterocycles. The van der Waals surface area contributed by atoms with Gasteiger partial charge >= 0.3 is 6.18 Å². The highest BCUT2D eigenvalue weighted by Gasteiger charge is 2.26. The minimum atomic E-state index is -4.10. The SMILES string of the molecule is Cc1ccoc1C(N)CCCC(F)(F)F. The molecular weight excluding hydrogens is 207 g/mol. The second-order valence-corrected chi connectivity index (χ2v) is 3.58. The van der Waals surface area contributed by atoms with Gasteiger partial charge < -0.3 is 10.2 Å². The molecule has 2 nitrogen and oxygen atoms in total. The van der Waals surface area contributed by atoms with Gasteiger partial charge in [0.1, 0.15) is 5.76 Å². The lowest BCUT2D eigenvalue weighted by molar-refractivity contribution is -0.135. The molecule has 0 saturated carbocycles. The summed E-state index contributed by atoms with van der Waals surface area (Å²) in [5, 5.41) is 0. The van der Waals surface area contributed by atoms with Gasteiger partial charge in [-0.15, -0.1) is 0 Å². The quantitative estimate of drug-likeness (QED) is 0.847. The van der Waals surface area contributed by atoms with E-state index in [4.69, 9.17) is 10.2 Å². The first-order valence-corrected chi connectivity index (χ1v) is 4.76. The van der Waals surface area contributed by atoms with Crippen LogP contribution in [0.4, 0.5) is 13.2 Å². The Morgan fingerprint density at radius 2 is 2.13 bits per heavy atom.